The van der Waals surface area contributed by atoms with Crippen molar-refractivity contribution in [2.45, 2.75) is 48.2 Å². The van der Waals surface area contributed by atoms with Crippen LogP contribution in [0.4, 0.5) is 4.79 Å². The zero-order valence-corrected chi connectivity index (χ0v) is 15.5. The van der Waals surface area contributed by atoms with Crippen LogP contribution in [0.2, 0.25) is 5.15 Å². The van der Waals surface area contributed by atoms with E-state index in [9.17, 15) is 4.79 Å². The van der Waals surface area contributed by atoms with Gasteiger partial charge in [0.1, 0.15) is 15.8 Å². The average Bonchev–Trinajstić information content (AvgIpc) is 2.84. The minimum absolute atomic E-state index is 0.249. The fourth-order valence-electron chi connectivity index (χ4n) is 2.02. The molecule has 1 fully saturated rings. The number of ether oxygens (including phenoxy) is 1. The molecule has 0 aliphatic carbocycles. The van der Waals surface area contributed by atoms with Crippen LogP contribution in [0.25, 0.3) is 0 Å². The quantitative estimate of drug-likeness (QED) is 0.461. The van der Waals surface area contributed by atoms with Crippen LogP contribution in [-0.4, -0.2) is 51.2 Å². The van der Waals surface area contributed by atoms with E-state index in [2.05, 4.69) is 9.97 Å². The molecule has 1 aromatic heterocycles. The SMILES string of the molecule is CSc1nc(Cl)cc(S[C@@H]2CCN(C(=O)OC(C)(C)C)C2)n1. The zero-order chi connectivity index (χ0) is 16.3. The molecule has 8 heteroatoms. The lowest BCUT2D eigenvalue weighted by Gasteiger charge is -2.24. The van der Waals surface area contributed by atoms with Crippen molar-refractivity contribution in [3.8, 4) is 0 Å². The standard InChI is InChI=1S/C14H20ClN3O2S2/c1-14(2,3)20-13(19)18-6-5-9(8-18)22-11-7-10(15)16-12(17-11)21-4/h7,9H,5-6,8H2,1-4H3/t9-/m1/s1. The smallest absolute Gasteiger partial charge is 0.410 e. The third-order valence-electron chi connectivity index (χ3n) is 2.92. The fourth-order valence-corrected chi connectivity index (χ4v) is 3.89. The first kappa shape index (κ1) is 17.7. The number of rotatable bonds is 3. The summed E-state index contributed by atoms with van der Waals surface area (Å²) < 4.78 is 5.40. The van der Waals surface area contributed by atoms with Gasteiger partial charge in [0, 0.05) is 24.4 Å². The third-order valence-corrected chi connectivity index (χ3v) is 4.83. The van der Waals surface area contributed by atoms with E-state index in [1.807, 2.05) is 27.0 Å². The number of nitrogens with zero attached hydrogens (tertiary/aromatic N) is 3. The minimum Gasteiger partial charge on any atom is -0.444 e. The van der Waals surface area contributed by atoms with Gasteiger partial charge in [-0.05, 0) is 33.4 Å². The Bertz CT molecular complexity index is 551. The molecule has 0 bridgehead atoms. The van der Waals surface area contributed by atoms with Crippen LogP contribution in [0.1, 0.15) is 27.2 Å². The molecule has 0 saturated carbocycles. The Labute approximate surface area is 144 Å². The molecule has 22 heavy (non-hydrogen) atoms. The predicted molar refractivity (Wildman–Crippen MR) is 90.9 cm³/mol. The Kier molecular flexibility index (Phi) is 5.85. The van der Waals surface area contributed by atoms with E-state index in [1.54, 1.807) is 22.7 Å². The Hall–Kier alpha value is -0.660. The average molecular weight is 362 g/mol. The number of carbonyl (C=O) groups is 1. The van der Waals surface area contributed by atoms with Crippen molar-refractivity contribution in [3.05, 3.63) is 11.2 Å². The molecule has 0 N–H and O–H groups in total. The summed E-state index contributed by atoms with van der Waals surface area (Å²) in [6.07, 6.45) is 2.58. The van der Waals surface area contributed by atoms with Crippen molar-refractivity contribution in [2.24, 2.45) is 0 Å². The van der Waals surface area contributed by atoms with Gasteiger partial charge in [-0.15, -0.1) is 11.8 Å². The lowest BCUT2D eigenvalue weighted by molar-refractivity contribution is 0.0295. The van der Waals surface area contributed by atoms with E-state index in [0.29, 0.717) is 28.6 Å². The van der Waals surface area contributed by atoms with Gasteiger partial charge >= 0.3 is 6.09 Å². The molecule has 1 aliphatic rings. The Morgan fingerprint density at radius 2 is 2.18 bits per heavy atom. The molecule has 1 saturated heterocycles. The Morgan fingerprint density at radius 3 is 2.82 bits per heavy atom. The normalized spacial score (nSPS) is 18.6. The van der Waals surface area contributed by atoms with Crippen LogP contribution in [0.5, 0.6) is 0 Å². The van der Waals surface area contributed by atoms with Crippen molar-refractivity contribution in [1.29, 1.82) is 0 Å². The predicted octanol–water partition coefficient (Wildman–Crippen LogP) is 3.95. The molecule has 1 amide bonds. The Morgan fingerprint density at radius 1 is 1.45 bits per heavy atom. The first-order chi connectivity index (χ1) is 10.3. The summed E-state index contributed by atoms with van der Waals surface area (Å²) in [7, 11) is 0. The minimum atomic E-state index is -0.463. The fraction of sp³-hybridized carbons (Fsp3) is 0.643. The lowest BCUT2D eigenvalue weighted by atomic mass is 10.2. The molecule has 1 atom stereocenters. The van der Waals surface area contributed by atoms with Gasteiger partial charge in [-0.2, -0.15) is 0 Å². The summed E-state index contributed by atoms with van der Waals surface area (Å²) in [6, 6.07) is 1.77. The zero-order valence-electron chi connectivity index (χ0n) is 13.1. The number of amides is 1. The number of likely N-dealkylation sites (tertiary alicyclic amines) is 1. The van der Waals surface area contributed by atoms with E-state index in [-0.39, 0.29) is 6.09 Å². The van der Waals surface area contributed by atoms with Crippen molar-refractivity contribution in [1.82, 2.24) is 14.9 Å². The van der Waals surface area contributed by atoms with E-state index >= 15 is 0 Å². The maximum absolute atomic E-state index is 12.1. The molecule has 0 radical (unpaired) electrons. The van der Waals surface area contributed by atoms with Crippen molar-refractivity contribution >= 4 is 41.2 Å². The summed E-state index contributed by atoms with van der Waals surface area (Å²) in [5.41, 5.74) is -0.463. The summed E-state index contributed by atoms with van der Waals surface area (Å²) in [6.45, 7) is 7.00. The maximum atomic E-state index is 12.1. The van der Waals surface area contributed by atoms with Gasteiger partial charge in [0.2, 0.25) is 0 Å². The molecular weight excluding hydrogens is 342 g/mol. The van der Waals surface area contributed by atoms with E-state index < -0.39 is 5.60 Å². The van der Waals surface area contributed by atoms with Gasteiger partial charge in [-0.1, -0.05) is 23.4 Å². The second-order valence-electron chi connectivity index (χ2n) is 5.97. The number of aromatic nitrogens is 2. The van der Waals surface area contributed by atoms with E-state index in [4.69, 9.17) is 16.3 Å². The van der Waals surface area contributed by atoms with Crippen molar-refractivity contribution in [3.63, 3.8) is 0 Å². The van der Waals surface area contributed by atoms with Crippen molar-refractivity contribution in [2.75, 3.05) is 19.3 Å². The monoisotopic (exact) mass is 361 g/mol. The number of halogens is 1. The second kappa shape index (κ2) is 7.27. The molecule has 1 aliphatic heterocycles. The highest BCUT2D eigenvalue weighted by molar-refractivity contribution is 8.00. The summed E-state index contributed by atoms with van der Waals surface area (Å²) >= 11 is 9.10. The summed E-state index contributed by atoms with van der Waals surface area (Å²) in [5, 5.41) is 2.26. The van der Waals surface area contributed by atoms with Crippen LogP contribution >= 0.6 is 35.1 Å². The molecule has 0 spiro atoms. The summed E-state index contributed by atoms with van der Waals surface area (Å²) in [5.74, 6) is 0. The lowest BCUT2D eigenvalue weighted by Crippen LogP contribution is -2.35. The molecule has 0 unspecified atom stereocenters. The van der Waals surface area contributed by atoms with E-state index in [1.165, 1.54) is 11.8 Å². The van der Waals surface area contributed by atoms with E-state index in [0.717, 1.165) is 11.4 Å². The van der Waals surface area contributed by atoms with Crippen LogP contribution < -0.4 is 0 Å². The number of hydrogen-bond acceptors (Lipinski definition) is 6. The maximum Gasteiger partial charge on any atom is 0.410 e. The van der Waals surface area contributed by atoms with Crippen LogP contribution in [0.15, 0.2) is 16.2 Å². The topological polar surface area (TPSA) is 55.3 Å². The molecule has 2 rings (SSSR count). The van der Waals surface area contributed by atoms with Crippen molar-refractivity contribution < 1.29 is 9.53 Å². The summed E-state index contributed by atoms with van der Waals surface area (Å²) in [4.78, 5) is 22.4. The molecule has 1 aromatic rings. The molecule has 2 heterocycles. The highest BCUT2D eigenvalue weighted by Gasteiger charge is 2.30. The number of hydrogen-bond donors (Lipinski definition) is 0. The highest BCUT2D eigenvalue weighted by Crippen LogP contribution is 2.31. The van der Waals surface area contributed by atoms with Crippen LogP contribution in [0, 0.1) is 0 Å². The molecular formula is C14H20ClN3O2S2. The molecule has 122 valence electrons. The molecule has 0 aromatic carbocycles. The largest absolute Gasteiger partial charge is 0.444 e. The van der Waals surface area contributed by atoms with Gasteiger partial charge < -0.3 is 9.64 Å². The van der Waals surface area contributed by atoms with Gasteiger partial charge in [0.15, 0.2) is 5.16 Å². The highest BCUT2D eigenvalue weighted by atomic mass is 35.5. The molecule has 5 nitrogen and oxygen atoms in total. The third kappa shape index (κ3) is 5.21. The van der Waals surface area contributed by atoms with Gasteiger partial charge in [-0.25, -0.2) is 14.8 Å². The van der Waals surface area contributed by atoms with Gasteiger partial charge in [0.05, 0.1) is 0 Å². The first-order valence-corrected chi connectivity index (χ1v) is 9.48. The van der Waals surface area contributed by atoms with Crippen LogP contribution in [0.3, 0.4) is 0 Å². The van der Waals surface area contributed by atoms with Gasteiger partial charge in [-0.3, -0.25) is 0 Å². The van der Waals surface area contributed by atoms with Gasteiger partial charge in [0.25, 0.3) is 0 Å². The first-order valence-electron chi connectivity index (χ1n) is 7.00. The number of thioether (sulfide) groups is 2. The Balaban J connectivity index is 1.94. The number of carbonyl (C=O) groups excluding carboxylic acids is 1. The second-order valence-corrected chi connectivity index (χ2v) is 8.45. The van der Waals surface area contributed by atoms with Crippen LogP contribution in [-0.2, 0) is 4.74 Å².